The van der Waals surface area contributed by atoms with Gasteiger partial charge in [0.15, 0.2) is 11.6 Å². The predicted molar refractivity (Wildman–Crippen MR) is 66.7 cm³/mol. The minimum atomic E-state index is -3.86. The van der Waals surface area contributed by atoms with Gasteiger partial charge in [-0.15, -0.1) is 0 Å². The number of hydrogen-bond donors (Lipinski definition) is 1. The van der Waals surface area contributed by atoms with Gasteiger partial charge in [-0.3, -0.25) is 9.59 Å². The molecular formula is C12H15NO4S. The van der Waals surface area contributed by atoms with Crippen molar-refractivity contribution >= 4 is 21.6 Å². The zero-order valence-corrected chi connectivity index (χ0v) is 11.2. The zero-order chi connectivity index (χ0) is 13.9. The first-order valence-corrected chi connectivity index (χ1v) is 6.82. The van der Waals surface area contributed by atoms with E-state index in [4.69, 9.17) is 0 Å². The van der Waals surface area contributed by atoms with E-state index in [1.807, 2.05) is 6.92 Å². The molecule has 98 valence electrons. The number of benzene rings is 1. The van der Waals surface area contributed by atoms with Gasteiger partial charge in [0.1, 0.15) is 6.04 Å². The summed E-state index contributed by atoms with van der Waals surface area (Å²) in [5.41, 5.74) is 0.920. The fourth-order valence-corrected chi connectivity index (χ4v) is 2.67. The van der Waals surface area contributed by atoms with Crippen molar-refractivity contribution in [3.05, 3.63) is 29.8 Å². The van der Waals surface area contributed by atoms with Crippen molar-refractivity contribution in [2.75, 3.05) is 0 Å². The molecule has 1 aromatic carbocycles. The summed E-state index contributed by atoms with van der Waals surface area (Å²) in [4.78, 5) is 22.4. The minimum absolute atomic E-state index is 0.0283. The van der Waals surface area contributed by atoms with E-state index in [-0.39, 0.29) is 4.90 Å². The fraction of sp³-hybridized carbons (Fsp3) is 0.333. The molecule has 0 aliphatic heterocycles. The molecule has 0 fully saturated rings. The lowest BCUT2D eigenvalue weighted by atomic mass is 10.1. The lowest BCUT2D eigenvalue weighted by molar-refractivity contribution is -0.127. The lowest BCUT2D eigenvalue weighted by Gasteiger charge is -2.13. The highest BCUT2D eigenvalue weighted by Crippen LogP contribution is 2.10. The molecular weight excluding hydrogens is 254 g/mol. The predicted octanol–water partition coefficient (Wildman–Crippen LogP) is 0.820. The van der Waals surface area contributed by atoms with E-state index in [1.165, 1.54) is 26.0 Å². The van der Waals surface area contributed by atoms with Crippen molar-refractivity contribution in [2.45, 2.75) is 31.7 Å². The maximum absolute atomic E-state index is 11.9. The van der Waals surface area contributed by atoms with Crippen LogP contribution in [0.15, 0.2) is 29.2 Å². The van der Waals surface area contributed by atoms with Gasteiger partial charge >= 0.3 is 0 Å². The second-order valence-corrected chi connectivity index (χ2v) is 5.80. The molecule has 0 spiro atoms. The van der Waals surface area contributed by atoms with Crippen LogP contribution in [-0.4, -0.2) is 26.0 Å². The summed E-state index contributed by atoms with van der Waals surface area (Å²) in [5, 5.41) is 0. The Bertz CT molecular complexity index is 546. The van der Waals surface area contributed by atoms with E-state index in [2.05, 4.69) is 4.72 Å². The molecule has 0 aliphatic rings. The quantitative estimate of drug-likeness (QED) is 0.802. The van der Waals surface area contributed by atoms with Crippen molar-refractivity contribution in [1.29, 1.82) is 0 Å². The summed E-state index contributed by atoms with van der Waals surface area (Å²) in [6.45, 7) is 4.17. The summed E-state index contributed by atoms with van der Waals surface area (Å²) in [7, 11) is -3.86. The zero-order valence-electron chi connectivity index (χ0n) is 10.4. The van der Waals surface area contributed by atoms with E-state index < -0.39 is 27.6 Å². The average Bonchev–Trinajstić information content (AvgIpc) is 2.26. The van der Waals surface area contributed by atoms with Crippen molar-refractivity contribution in [3.8, 4) is 0 Å². The molecule has 0 unspecified atom stereocenters. The lowest BCUT2D eigenvalue weighted by Crippen LogP contribution is -2.44. The molecule has 1 aromatic rings. The molecule has 6 heteroatoms. The third-order valence-corrected chi connectivity index (χ3v) is 3.86. The van der Waals surface area contributed by atoms with E-state index in [1.54, 1.807) is 12.1 Å². The number of rotatable bonds is 5. The highest BCUT2D eigenvalue weighted by Gasteiger charge is 2.26. The Labute approximate surface area is 106 Å². The van der Waals surface area contributed by atoms with Gasteiger partial charge in [0.25, 0.3) is 0 Å². The maximum Gasteiger partial charge on any atom is 0.241 e. The number of carbonyl (C=O) groups is 2. The summed E-state index contributed by atoms with van der Waals surface area (Å²) >= 11 is 0. The van der Waals surface area contributed by atoms with Crippen LogP contribution in [0.25, 0.3) is 0 Å². The molecule has 0 aliphatic carbocycles. The Kier molecular flexibility index (Phi) is 4.37. The van der Waals surface area contributed by atoms with Crippen LogP contribution < -0.4 is 4.72 Å². The first-order chi connectivity index (χ1) is 8.24. The number of carbonyl (C=O) groups excluding carboxylic acids is 2. The third kappa shape index (κ3) is 3.48. The molecule has 0 amide bonds. The standard InChI is InChI=1S/C12H15NO4S/c1-8-4-6-11(7-5-8)18(16,17)13-12(9(2)14)10(3)15/h4-7,12-13H,1-3H3. The van der Waals surface area contributed by atoms with Crippen LogP contribution in [0.5, 0.6) is 0 Å². The van der Waals surface area contributed by atoms with Crippen LogP contribution in [0.4, 0.5) is 0 Å². The SMILES string of the molecule is CC(=O)C(NS(=O)(=O)c1ccc(C)cc1)C(C)=O. The molecule has 5 nitrogen and oxygen atoms in total. The van der Waals surface area contributed by atoms with Gasteiger partial charge in [0, 0.05) is 0 Å². The monoisotopic (exact) mass is 269 g/mol. The van der Waals surface area contributed by atoms with Crippen LogP contribution in [0.1, 0.15) is 19.4 Å². The number of hydrogen-bond acceptors (Lipinski definition) is 4. The highest BCUT2D eigenvalue weighted by molar-refractivity contribution is 7.89. The van der Waals surface area contributed by atoms with Gasteiger partial charge in [-0.1, -0.05) is 17.7 Å². The van der Waals surface area contributed by atoms with Crippen molar-refractivity contribution in [3.63, 3.8) is 0 Å². The van der Waals surface area contributed by atoms with E-state index in [0.29, 0.717) is 0 Å². The van der Waals surface area contributed by atoms with Crippen molar-refractivity contribution in [2.24, 2.45) is 0 Å². The smallest absolute Gasteiger partial charge is 0.241 e. The second-order valence-electron chi connectivity index (χ2n) is 4.09. The van der Waals surface area contributed by atoms with Crippen molar-refractivity contribution < 1.29 is 18.0 Å². The molecule has 0 atom stereocenters. The van der Waals surface area contributed by atoms with Gasteiger partial charge in [-0.05, 0) is 32.9 Å². The molecule has 0 aromatic heterocycles. The Morgan fingerprint density at radius 3 is 1.89 bits per heavy atom. The number of aryl methyl sites for hydroxylation is 1. The number of nitrogens with one attached hydrogen (secondary N) is 1. The van der Waals surface area contributed by atoms with Crippen molar-refractivity contribution in [1.82, 2.24) is 4.72 Å². The molecule has 0 saturated carbocycles. The molecule has 0 saturated heterocycles. The van der Waals surface area contributed by atoms with Crippen LogP contribution in [0.3, 0.4) is 0 Å². The number of sulfonamides is 1. The molecule has 18 heavy (non-hydrogen) atoms. The van der Waals surface area contributed by atoms with Gasteiger partial charge in [0.05, 0.1) is 4.90 Å². The summed E-state index contributed by atoms with van der Waals surface area (Å²) in [6.07, 6.45) is 0. The van der Waals surface area contributed by atoms with Gasteiger partial charge in [-0.25, -0.2) is 8.42 Å². The Morgan fingerprint density at radius 1 is 1.06 bits per heavy atom. The molecule has 0 heterocycles. The van der Waals surface area contributed by atoms with Gasteiger partial charge < -0.3 is 0 Å². The van der Waals surface area contributed by atoms with Crippen LogP contribution in [0, 0.1) is 6.92 Å². The first-order valence-electron chi connectivity index (χ1n) is 5.34. The molecule has 1 rings (SSSR count). The Morgan fingerprint density at radius 2 is 1.50 bits per heavy atom. The molecule has 1 N–H and O–H groups in total. The largest absolute Gasteiger partial charge is 0.298 e. The van der Waals surface area contributed by atoms with Gasteiger partial charge in [0.2, 0.25) is 10.0 Å². The third-order valence-electron chi connectivity index (χ3n) is 2.42. The number of Topliss-reactive ketones (excluding diaryl/α,β-unsaturated/α-hetero) is 2. The topological polar surface area (TPSA) is 80.3 Å². The van der Waals surface area contributed by atoms with Gasteiger partial charge in [-0.2, -0.15) is 4.72 Å². The minimum Gasteiger partial charge on any atom is -0.298 e. The second kappa shape index (κ2) is 5.41. The van der Waals surface area contributed by atoms with E-state index >= 15 is 0 Å². The summed E-state index contributed by atoms with van der Waals surface area (Å²) in [5.74, 6) is -1.06. The molecule has 0 radical (unpaired) electrons. The van der Waals surface area contributed by atoms with Crippen LogP contribution in [-0.2, 0) is 19.6 Å². The number of ketones is 2. The maximum atomic E-state index is 11.9. The first kappa shape index (κ1) is 14.5. The van der Waals surface area contributed by atoms with Crippen LogP contribution >= 0.6 is 0 Å². The van der Waals surface area contributed by atoms with E-state index in [0.717, 1.165) is 5.56 Å². The Hall–Kier alpha value is -1.53. The molecule has 0 bridgehead atoms. The van der Waals surface area contributed by atoms with E-state index in [9.17, 15) is 18.0 Å². The fourth-order valence-electron chi connectivity index (χ4n) is 1.39. The highest BCUT2D eigenvalue weighted by atomic mass is 32.2. The summed E-state index contributed by atoms with van der Waals surface area (Å²) < 4.78 is 26.0. The Balaban J connectivity index is 3.04. The van der Waals surface area contributed by atoms with Crippen LogP contribution in [0.2, 0.25) is 0 Å². The normalized spacial score (nSPS) is 11.6. The average molecular weight is 269 g/mol. The summed E-state index contributed by atoms with van der Waals surface area (Å²) in [6, 6.07) is 4.82.